The normalized spacial score (nSPS) is 10.8. The molecule has 164 valence electrons. The first kappa shape index (κ1) is 22.7. The van der Waals surface area contributed by atoms with Crippen LogP contribution < -0.4 is 4.90 Å². The number of thiophene rings is 1. The zero-order chi connectivity index (χ0) is 22.2. The number of ether oxygens (including phenoxy) is 1. The van der Waals surface area contributed by atoms with Crippen molar-refractivity contribution in [2.24, 2.45) is 0 Å². The predicted molar refractivity (Wildman–Crippen MR) is 124 cm³/mol. The number of benzene rings is 1. The molecule has 0 unspecified atom stereocenters. The number of carbonyl (C=O) groups is 2. The number of fused-ring (bicyclic) bond motifs is 1. The summed E-state index contributed by atoms with van der Waals surface area (Å²) in [6.07, 6.45) is 2.13. The lowest BCUT2D eigenvalue weighted by Gasteiger charge is -2.23. The Hall–Kier alpha value is -3.00. The maximum Gasteiger partial charge on any atom is 0.307 e. The summed E-state index contributed by atoms with van der Waals surface area (Å²) < 4.78 is 4.95. The Kier molecular flexibility index (Phi) is 7.94. The fraction of sp³-hybridized carbons (Fsp3) is 0.391. The molecule has 0 saturated carbocycles. The van der Waals surface area contributed by atoms with Crippen LogP contribution in [0.5, 0.6) is 0 Å². The van der Waals surface area contributed by atoms with E-state index in [2.05, 4.69) is 28.2 Å². The lowest BCUT2D eigenvalue weighted by atomic mass is 10.2. The van der Waals surface area contributed by atoms with Gasteiger partial charge in [0, 0.05) is 38.0 Å². The monoisotopic (exact) mass is 440 g/mol. The third-order valence-electron chi connectivity index (χ3n) is 5.01. The van der Waals surface area contributed by atoms with Gasteiger partial charge in [0.05, 0.1) is 18.4 Å². The molecule has 0 bridgehead atoms. The van der Waals surface area contributed by atoms with Gasteiger partial charge in [-0.2, -0.15) is 0 Å². The molecule has 0 aliphatic rings. The minimum absolute atomic E-state index is 0.0132. The molecule has 2 heterocycles. The van der Waals surface area contributed by atoms with Gasteiger partial charge in [-0.15, -0.1) is 11.3 Å². The molecule has 1 amide bonds. The van der Waals surface area contributed by atoms with Crippen LogP contribution in [-0.4, -0.2) is 60.0 Å². The highest BCUT2D eigenvalue weighted by Crippen LogP contribution is 2.35. The minimum atomic E-state index is -0.277. The standard InChI is InChI=1S/C23H28N4O3S/c1-4-27(14-12-21(29)30-5-2)20(28)11-13-26(3)22-18-15-19(17-9-7-6-8-10-17)31-23(18)25-16-24-22/h6-10,15-16H,4-5,11-14H2,1-3H3. The van der Waals surface area contributed by atoms with Gasteiger partial charge >= 0.3 is 5.97 Å². The number of nitrogens with zero attached hydrogens (tertiary/aromatic N) is 4. The summed E-state index contributed by atoms with van der Waals surface area (Å²) in [5.41, 5.74) is 1.15. The van der Waals surface area contributed by atoms with E-state index in [1.54, 1.807) is 29.5 Å². The smallest absolute Gasteiger partial charge is 0.307 e. The summed E-state index contributed by atoms with van der Waals surface area (Å²) >= 11 is 1.63. The van der Waals surface area contributed by atoms with Gasteiger partial charge in [-0.25, -0.2) is 9.97 Å². The van der Waals surface area contributed by atoms with Crippen LogP contribution >= 0.6 is 11.3 Å². The van der Waals surface area contributed by atoms with Gasteiger partial charge in [-0.1, -0.05) is 30.3 Å². The van der Waals surface area contributed by atoms with Gasteiger partial charge in [0.15, 0.2) is 0 Å². The van der Waals surface area contributed by atoms with Crippen LogP contribution in [0.25, 0.3) is 20.7 Å². The maximum atomic E-state index is 12.6. The molecule has 0 spiro atoms. The first-order valence-corrected chi connectivity index (χ1v) is 11.3. The highest BCUT2D eigenvalue weighted by molar-refractivity contribution is 7.21. The molecule has 0 radical (unpaired) electrons. The van der Waals surface area contributed by atoms with Crippen molar-refractivity contribution in [1.82, 2.24) is 14.9 Å². The largest absolute Gasteiger partial charge is 0.466 e. The third kappa shape index (κ3) is 5.79. The number of rotatable bonds is 10. The molecule has 0 aliphatic carbocycles. The Labute approximate surface area is 186 Å². The molecule has 2 aromatic heterocycles. The minimum Gasteiger partial charge on any atom is -0.466 e. The van der Waals surface area contributed by atoms with E-state index in [1.165, 1.54) is 0 Å². The summed E-state index contributed by atoms with van der Waals surface area (Å²) in [6.45, 7) is 5.50. The number of amides is 1. The maximum absolute atomic E-state index is 12.6. The van der Waals surface area contributed by atoms with Gasteiger partial charge in [0.2, 0.25) is 5.91 Å². The second kappa shape index (κ2) is 10.9. The van der Waals surface area contributed by atoms with Crippen molar-refractivity contribution in [3.05, 3.63) is 42.7 Å². The molecule has 0 atom stereocenters. The fourth-order valence-electron chi connectivity index (χ4n) is 3.34. The van der Waals surface area contributed by atoms with Gasteiger partial charge in [0.1, 0.15) is 17.0 Å². The van der Waals surface area contributed by atoms with E-state index in [1.807, 2.05) is 37.1 Å². The molecule has 31 heavy (non-hydrogen) atoms. The zero-order valence-electron chi connectivity index (χ0n) is 18.2. The lowest BCUT2D eigenvalue weighted by molar-refractivity contribution is -0.144. The van der Waals surface area contributed by atoms with E-state index in [4.69, 9.17) is 4.74 Å². The predicted octanol–water partition coefficient (Wildman–Crippen LogP) is 3.99. The van der Waals surface area contributed by atoms with Crippen molar-refractivity contribution in [1.29, 1.82) is 0 Å². The molecule has 3 aromatic rings. The third-order valence-corrected chi connectivity index (χ3v) is 6.11. The number of esters is 1. The summed E-state index contributed by atoms with van der Waals surface area (Å²) in [7, 11) is 1.93. The number of aromatic nitrogens is 2. The van der Waals surface area contributed by atoms with Crippen LogP contribution in [0.15, 0.2) is 42.7 Å². The number of hydrogen-bond acceptors (Lipinski definition) is 7. The van der Waals surface area contributed by atoms with Crippen LogP contribution in [0.4, 0.5) is 5.82 Å². The van der Waals surface area contributed by atoms with Crippen LogP contribution in [0.1, 0.15) is 26.7 Å². The average molecular weight is 441 g/mol. The Balaban J connectivity index is 1.66. The highest BCUT2D eigenvalue weighted by Gasteiger charge is 2.17. The van der Waals surface area contributed by atoms with Crippen LogP contribution in [0.2, 0.25) is 0 Å². The lowest BCUT2D eigenvalue weighted by Crippen LogP contribution is -2.35. The fourth-order valence-corrected chi connectivity index (χ4v) is 4.34. The van der Waals surface area contributed by atoms with Crippen LogP contribution in [0, 0.1) is 0 Å². The van der Waals surface area contributed by atoms with Crippen molar-refractivity contribution in [3.8, 4) is 10.4 Å². The first-order chi connectivity index (χ1) is 15.0. The van der Waals surface area contributed by atoms with Gasteiger partial charge in [-0.3, -0.25) is 9.59 Å². The van der Waals surface area contributed by atoms with Crippen LogP contribution in [0.3, 0.4) is 0 Å². The van der Waals surface area contributed by atoms with Crippen molar-refractivity contribution < 1.29 is 14.3 Å². The molecule has 0 N–H and O–H groups in total. The number of anilines is 1. The van der Waals surface area contributed by atoms with E-state index >= 15 is 0 Å². The molecular weight excluding hydrogens is 412 g/mol. The molecule has 7 nitrogen and oxygen atoms in total. The van der Waals surface area contributed by atoms with Gasteiger partial charge in [0.25, 0.3) is 0 Å². The molecule has 3 rings (SSSR count). The molecule has 0 aliphatic heterocycles. The number of hydrogen-bond donors (Lipinski definition) is 0. The Morgan fingerprint density at radius 3 is 2.55 bits per heavy atom. The average Bonchev–Trinajstić information content (AvgIpc) is 3.23. The van der Waals surface area contributed by atoms with Crippen molar-refractivity contribution in [2.45, 2.75) is 26.7 Å². The first-order valence-electron chi connectivity index (χ1n) is 10.5. The molecule has 1 aromatic carbocycles. The molecule has 8 heteroatoms. The van der Waals surface area contributed by atoms with E-state index in [-0.39, 0.29) is 18.3 Å². The quantitative estimate of drug-likeness (QED) is 0.444. The Morgan fingerprint density at radius 1 is 1.06 bits per heavy atom. The summed E-state index contributed by atoms with van der Waals surface area (Å²) in [4.78, 5) is 38.9. The second-order valence-electron chi connectivity index (χ2n) is 7.09. The molecular formula is C23H28N4O3S. The topological polar surface area (TPSA) is 75.6 Å². The Morgan fingerprint density at radius 2 is 1.84 bits per heavy atom. The van der Waals surface area contributed by atoms with Gasteiger partial charge in [-0.05, 0) is 25.5 Å². The second-order valence-corrected chi connectivity index (χ2v) is 8.12. The molecule has 0 fully saturated rings. The summed E-state index contributed by atoms with van der Waals surface area (Å²) in [5, 5.41) is 0.982. The Bertz CT molecular complexity index is 1020. The van der Waals surface area contributed by atoms with Crippen molar-refractivity contribution >= 4 is 39.2 Å². The van der Waals surface area contributed by atoms with E-state index in [0.29, 0.717) is 32.7 Å². The molecule has 0 saturated heterocycles. The van der Waals surface area contributed by atoms with E-state index in [9.17, 15) is 9.59 Å². The number of carbonyl (C=O) groups excluding carboxylic acids is 2. The highest BCUT2D eigenvalue weighted by atomic mass is 32.1. The van der Waals surface area contributed by atoms with Crippen LogP contribution in [-0.2, 0) is 14.3 Å². The summed E-state index contributed by atoms with van der Waals surface area (Å²) in [5.74, 6) is 0.547. The SMILES string of the molecule is CCOC(=O)CCN(CC)C(=O)CCN(C)c1ncnc2sc(-c3ccccc3)cc12. The summed E-state index contributed by atoms with van der Waals surface area (Å²) in [6, 6.07) is 12.3. The van der Waals surface area contributed by atoms with E-state index < -0.39 is 0 Å². The van der Waals surface area contributed by atoms with Crippen molar-refractivity contribution in [2.75, 3.05) is 38.2 Å². The van der Waals surface area contributed by atoms with Crippen molar-refractivity contribution in [3.63, 3.8) is 0 Å². The van der Waals surface area contributed by atoms with E-state index in [0.717, 1.165) is 26.5 Å². The zero-order valence-corrected chi connectivity index (χ0v) is 19.0. The van der Waals surface area contributed by atoms with Gasteiger partial charge < -0.3 is 14.5 Å².